The number of rotatable bonds is 3. The molecule has 3 nitrogen and oxygen atoms in total. The van der Waals surface area contributed by atoms with Gasteiger partial charge in [-0.3, -0.25) is 0 Å². The van der Waals surface area contributed by atoms with E-state index in [4.69, 9.17) is 22.3 Å². The molecule has 0 N–H and O–H groups in total. The zero-order valence-electron chi connectivity index (χ0n) is 7.03. The van der Waals surface area contributed by atoms with Crippen LogP contribution in [0.3, 0.4) is 0 Å². The average Bonchev–Trinajstić information content (AvgIpc) is 2.73. The van der Waals surface area contributed by atoms with Crippen LogP contribution in [0.1, 0.15) is 17.7 Å². The summed E-state index contributed by atoms with van der Waals surface area (Å²) in [5, 5.41) is 0.390. The molecule has 0 spiro atoms. The highest BCUT2D eigenvalue weighted by molar-refractivity contribution is 8.15. The van der Waals surface area contributed by atoms with Crippen molar-refractivity contribution in [1.29, 1.82) is 0 Å². The summed E-state index contributed by atoms with van der Waals surface area (Å²) < 4.78 is 21.7. The fourth-order valence-electron chi connectivity index (χ4n) is 1.31. The van der Waals surface area contributed by atoms with E-state index in [2.05, 4.69) is 4.98 Å². The average molecular weight is 272 g/mol. The summed E-state index contributed by atoms with van der Waals surface area (Å²) in [5.74, 6) is 0. The molecule has 0 unspecified atom stereocenters. The monoisotopic (exact) mass is 271 g/mol. The molecule has 14 heavy (non-hydrogen) atoms. The van der Waals surface area contributed by atoms with Crippen LogP contribution in [-0.2, 0) is 15.5 Å². The molecular formula is C7H7Cl2NO2S2. The number of aromatic nitrogens is 1. The third-order valence-corrected chi connectivity index (χ3v) is 6.24. The molecule has 1 aliphatic carbocycles. The predicted molar refractivity (Wildman–Crippen MR) is 57.6 cm³/mol. The van der Waals surface area contributed by atoms with E-state index in [9.17, 15) is 8.42 Å². The zero-order chi connectivity index (χ0) is 10.4. The number of thiazole rings is 1. The Labute approximate surface area is 95.5 Å². The normalized spacial score (nSPS) is 19.6. The van der Waals surface area contributed by atoms with E-state index in [1.807, 2.05) is 0 Å². The molecule has 1 heterocycles. The first kappa shape index (κ1) is 10.7. The molecule has 0 atom stereocenters. The second kappa shape index (κ2) is 3.33. The minimum Gasteiger partial charge on any atom is -0.233 e. The van der Waals surface area contributed by atoms with Crippen LogP contribution in [0.15, 0.2) is 5.51 Å². The molecule has 0 aromatic carbocycles. The molecule has 2 rings (SSSR count). The lowest BCUT2D eigenvalue weighted by Gasteiger charge is -2.08. The molecule has 1 saturated carbocycles. The zero-order valence-corrected chi connectivity index (χ0v) is 10.2. The Bertz CT molecular complexity index is 450. The van der Waals surface area contributed by atoms with Crippen LogP contribution in [0.25, 0.3) is 0 Å². The van der Waals surface area contributed by atoms with Gasteiger partial charge in [0.25, 0.3) is 0 Å². The van der Waals surface area contributed by atoms with Crippen LogP contribution in [-0.4, -0.2) is 18.1 Å². The lowest BCUT2D eigenvalue weighted by Crippen LogP contribution is -2.20. The third-order valence-electron chi connectivity index (χ3n) is 2.40. The molecule has 7 heteroatoms. The Morgan fingerprint density at radius 1 is 1.57 bits per heavy atom. The first-order valence-corrected chi connectivity index (χ1v) is 7.53. The van der Waals surface area contributed by atoms with Gasteiger partial charge in [-0.1, -0.05) is 11.6 Å². The first-order chi connectivity index (χ1) is 6.45. The predicted octanol–water partition coefficient (Wildman–Crippen LogP) is 2.44. The van der Waals surface area contributed by atoms with Gasteiger partial charge in [0.1, 0.15) is 5.15 Å². The number of halogens is 2. The Balaban J connectivity index is 2.25. The molecule has 0 saturated heterocycles. The van der Waals surface area contributed by atoms with Crippen LogP contribution in [0.5, 0.6) is 0 Å². The van der Waals surface area contributed by atoms with Gasteiger partial charge in [0.05, 0.1) is 10.3 Å². The molecule has 1 aromatic rings. The summed E-state index contributed by atoms with van der Waals surface area (Å²) in [4.78, 5) is 4.66. The van der Waals surface area contributed by atoms with E-state index in [0.717, 1.165) is 4.88 Å². The maximum absolute atomic E-state index is 11.3. The van der Waals surface area contributed by atoms with Crippen molar-refractivity contribution in [3.63, 3.8) is 0 Å². The summed E-state index contributed by atoms with van der Waals surface area (Å²) in [6.07, 6.45) is 1.63. The number of hydrogen-bond acceptors (Lipinski definition) is 4. The molecule has 0 radical (unpaired) electrons. The van der Waals surface area contributed by atoms with Gasteiger partial charge in [-0.2, -0.15) is 0 Å². The van der Waals surface area contributed by atoms with E-state index in [-0.39, 0.29) is 0 Å². The summed E-state index contributed by atoms with van der Waals surface area (Å²) in [5.41, 5.74) is 1.61. The van der Waals surface area contributed by atoms with Gasteiger partial charge < -0.3 is 0 Å². The van der Waals surface area contributed by atoms with E-state index in [0.29, 0.717) is 24.4 Å². The molecule has 1 aliphatic rings. The van der Waals surface area contributed by atoms with Gasteiger partial charge in [0.15, 0.2) is 0 Å². The summed E-state index contributed by atoms with van der Waals surface area (Å²) in [6, 6.07) is 0. The quantitative estimate of drug-likeness (QED) is 0.794. The van der Waals surface area contributed by atoms with Crippen molar-refractivity contribution in [2.24, 2.45) is 0 Å². The highest BCUT2D eigenvalue weighted by atomic mass is 35.7. The molecule has 0 bridgehead atoms. The third kappa shape index (κ3) is 1.78. The van der Waals surface area contributed by atoms with Crippen LogP contribution in [0.2, 0.25) is 5.15 Å². The topological polar surface area (TPSA) is 47.0 Å². The van der Waals surface area contributed by atoms with Crippen molar-refractivity contribution >= 4 is 42.7 Å². The van der Waals surface area contributed by atoms with Crippen molar-refractivity contribution in [2.75, 3.05) is 0 Å². The first-order valence-electron chi connectivity index (χ1n) is 3.97. The van der Waals surface area contributed by atoms with E-state index in [1.54, 1.807) is 5.51 Å². The van der Waals surface area contributed by atoms with Crippen LogP contribution in [0.4, 0.5) is 0 Å². The van der Waals surface area contributed by atoms with Gasteiger partial charge >= 0.3 is 0 Å². The van der Waals surface area contributed by atoms with Gasteiger partial charge in [-0.25, -0.2) is 13.4 Å². The van der Waals surface area contributed by atoms with E-state index >= 15 is 0 Å². The largest absolute Gasteiger partial charge is 0.238 e. The van der Waals surface area contributed by atoms with Gasteiger partial charge in [-0.15, -0.1) is 11.3 Å². The molecule has 1 fully saturated rings. The van der Waals surface area contributed by atoms with Crippen molar-refractivity contribution in [3.05, 3.63) is 15.5 Å². The second-order valence-corrected chi connectivity index (χ2v) is 7.62. The molecule has 1 aromatic heterocycles. The standard InChI is InChI=1S/C7H7Cl2NO2S2/c8-6-5(13-4-10-6)3-7(1-2-7)14(9,11)12/h4H,1-3H2. The van der Waals surface area contributed by atoms with E-state index in [1.165, 1.54) is 11.3 Å². The fourth-order valence-corrected chi connectivity index (χ4v) is 4.04. The molecule has 78 valence electrons. The lowest BCUT2D eigenvalue weighted by atomic mass is 10.2. The Hall–Kier alpha value is 0.160. The second-order valence-electron chi connectivity index (χ2n) is 3.36. The fraction of sp³-hybridized carbons (Fsp3) is 0.571. The highest BCUT2D eigenvalue weighted by Gasteiger charge is 2.54. The van der Waals surface area contributed by atoms with Crippen molar-refractivity contribution in [2.45, 2.75) is 24.0 Å². The van der Waals surface area contributed by atoms with Gasteiger partial charge in [0, 0.05) is 22.0 Å². The summed E-state index contributed by atoms with van der Waals surface area (Å²) in [7, 11) is 1.88. The summed E-state index contributed by atoms with van der Waals surface area (Å²) >= 11 is 7.15. The van der Waals surface area contributed by atoms with Crippen molar-refractivity contribution in [1.82, 2.24) is 4.98 Å². The highest BCUT2D eigenvalue weighted by Crippen LogP contribution is 2.49. The Kier molecular flexibility index (Phi) is 2.54. The van der Waals surface area contributed by atoms with Crippen LogP contribution >= 0.6 is 33.6 Å². The number of hydrogen-bond donors (Lipinski definition) is 0. The Morgan fingerprint density at radius 3 is 2.57 bits per heavy atom. The van der Waals surface area contributed by atoms with Crippen LogP contribution < -0.4 is 0 Å². The molecule has 0 aliphatic heterocycles. The maximum atomic E-state index is 11.3. The van der Waals surface area contributed by atoms with Crippen molar-refractivity contribution in [3.8, 4) is 0 Å². The van der Waals surface area contributed by atoms with Crippen LogP contribution in [0, 0.1) is 0 Å². The summed E-state index contributed by atoms with van der Waals surface area (Å²) in [6.45, 7) is 0. The van der Waals surface area contributed by atoms with Crippen molar-refractivity contribution < 1.29 is 8.42 Å². The van der Waals surface area contributed by atoms with Gasteiger partial charge in [-0.05, 0) is 12.8 Å². The number of nitrogens with zero attached hydrogens (tertiary/aromatic N) is 1. The SMILES string of the molecule is O=S(=O)(Cl)C1(Cc2scnc2Cl)CC1. The molecular weight excluding hydrogens is 265 g/mol. The molecule has 0 amide bonds. The minimum atomic E-state index is -3.49. The Morgan fingerprint density at radius 2 is 2.21 bits per heavy atom. The smallest absolute Gasteiger partial charge is 0.233 e. The van der Waals surface area contributed by atoms with E-state index < -0.39 is 13.8 Å². The van der Waals surface area contributed by atoms with Gasteiger partial charge in [0.2, 0.25) is 9.05 Å². The maximum Gasteiger partial charge on any atom is 0.238 e. The lowest BCUT2D eigenvalue weighted by molar-refractivity contribution is 0.590. The minimum absolute atomic E-state index is 0.390.